The number of benzene rings is 2. The SMILES string of the molecule is Nc1nccc(-c2cc(Cl)cc(Cl)c2)c1CSc1ccccc1. The van der Waals surface area contributed by atoms with E-state index in [4.69, 9.17) is 28.9 Å². The molecule has 1 aromatic heterocycles. The number of pyridine rings is 1. The summed E-state index contributed by atoms with van der Waals surface area (Å²) in [5, 5.41) is 1.20. The van der Waals surface area contributed by atoms with Gasteiger partial charge in [0.05, 0.1) is 0 Å². The Bertz CT molecular complexity index is 802. The first-order valence-electron chi connectivity index (χ1n) is 7.01. The van der Waals surface area contributed by atoms with Gasteiger partial charge in [-0.2, -0.15) is 0 Å². The lowest BCUT2D eigenvalue weighted by atomic mass is 10.0. The standard InChI is InChI=1S/C18H14Cl2N2S/c19-13-8-12(9-14(20)10-13)16-6-7-22-18(21)17(16)11-23-15-4-2-1-3-5-15/h1-10H,11H2,(H2,21,22). The molecule has 0 saturated heterocycles. The minimum atomic E-state index is 0.530. The smallest absolute Gasteiger partial charge is 0.127 e. The van der Waals surface area contributed by atoms with Crippen molar-refractivity contribution in [2.75, 3.05) is 5.73 Å². The van der Waals surface area contributed by atoms with E-state index in [1.54, 1.807) is 24.0 Å². The topological polar surface area (TPSA) is 38.9 Å². The number of aromatic nitrogens is 1. The number of hydrogen-bond acceptors (Lipinski definition) is 3. The zero-order valence-electron chi connectivity index (χ0n) is 12.2. The predicted octanol–water partition coefficient (Wildman–Crippen LogP) is 5.93. The second-order valence-corrected chi connectivity index (χ2v) is 6.90. The van der Waals surface area contributed by atoms with Crippen LogP contribution >= 0.6 is 35.0 Å². The van der Waals surface area contributed by atoms with Gasteiger partial charge in [0.1, 0.15) is 5.82 Å². The van der Waals surface area contributed by atoms with Crippen LogP contribution in [-0.4, -0.2) is 4.98 Å². The van der Waals surface area contributed by atoms with E-state index in [1.165, 1.54) is 4.90 Å². The molecular formula is C18H14Cl2N2S. The molecule has 5 heteroatoms. The molecule has 3 rings (SSSR count). The van der Waals surface area contributed by atoms with Gasteiger partial charge in [-0.1, -0.05) is 41.4 Å². The normalized spacial score (nSPS) is 10.7. The molecular weight excluding hydrogens is 347 g/mol. The number of hydrogen-bond donors (Lipinski definition) is 1. The van der Waals surface area contributed by atoms with Crippen molar-refractivity contribution in [3.8, 4) is 11.1 Å². The van der Waals surface area contributed by atoms with Crippen molar-refractivity contribution in [3.05, 3.63) is 76.4 Å². The molecule has 0 radical (unpaired) electrons. The van der Waals surface area contributed by atoms with Crippen molar-refractivity contribution in [2.45, 2.75) is 10.6 Å². The summed E-state index contributed by atoms with van der Waals surface area (Å²) in [5.41, 5.74) is 9.04. The summed E-state index contributed by atoms with van der Waals surface area (Å²) < 4.78 is 0. The lowest BCUT2D eigenvalue weighted by molar-refractivity contribution is 1.26. The molecule has 116 valence electrons. The van der Waals surface area contributed by atoms with Gasteiger partial charge in [-0.25, -0.2) is 4.98 Å². The van der Waals surface area contributed by atoms with Crippen molar-refractivity contribution >= 4 is 40.8 Å². The highest BCUT2D eigenvalue weighted by Crippen LogP contribution is 2.34. The number of thioether (sulfide) groups is 1. The Morgan fingerprint density at radius 3 is 2.35 bits per heavy atom. The second-order valence-electron chi connectivity index (χ2n) is 4.98. The largest absolute Gasteiger partial charge is 0.383 e. The number of nitrogens with zero attached hydrogens (tertiary/aromatic N) is 1. The minimum Gasteiger partial charge on any atom is -0.383 e. The van der Waals surface area contributed by atoms with Crippen LogP contribution in [0.1, 0.15) is 5.56 Å². The average molecular weight is 361 g/mol. The van der Waals surface area contributed by atoms with Gasteiger partial charge in [-0.05, 0) is 47.5 Å². The first-order valence-corrected chi connectivity index (χ1v) is 8.75. The molecule has 0 aliphatic carbocycles. The lowest BCUT2D eigenvalue weighted by Gasteiger charge is -2.12. The Morgan fingerprint density at radius 2 is 1.65 bits per heavy atom. The minimum absolute atomic E-state index is 0.530. The summed E-state index contributed by atoms with van der Waals surface area (Å²) in [5.74, 6) is 1.26. The quantitative estimate of drug-likeness (QED) is 0.586. The maximum Gasteiger partial charge on any atom is 0.127 e. The Kier molecular flexibility index (Phi) is 5.11. The summed E-state index contributed by atoms with van der Waals surface area (Å²) in [6.07, 6.45) is 1.70. The molecule has 0 saturated carbocycles. The van der Waals surface area contributed by atoms with E-state index >= 15 is 0 Å². The number of halogens is 2. The van der Waals surface area contributed by atoms with Crippen molar-refractivity contribution in [3.63, 3.8) is 0 Å². The summed E-state index contributed by atoms with van der Waals surface area (Å²) in [6, 6.07) is 17.6. The van der Waals surface area contributed by atoms with Crippen LogP contribution < -0.4 is 5.73 Å². The fraction of sp³-hybridized carbons (Fsp3) is 0.0556. The van der Waals surface area contributed by atoms with E-state index < -0.39 is 0 Å². The van der Waals surface area contributed by atoms with Crippen LogP contribution in [-0.2, 0) is 5.75 Å². The van der Waals surface area contributed by atoms with E-state index in [0.29, 0.717) is 15.9 Å². The van der Waals surface area contributed by atoms with Gasteiger partial charge in [0, 0.05) is 32.5 Å². The van der Waals surface area contributed by atoms with Gasteiger partial charge >= 0.3 is 0 Å². The molecule has 0 aliphatic rings. The van der Waals surface area contributed by atoms with Crippen LogP contribution in [0.5, 0.6) is 0 Å². The third-order valence-corrected chi connectivity index (χ3v) is 4.86. The van der Waals surface area contributed by atoms with Crippen LogP contribution in [0.3, 0.4) is 0 Å². The highest BCUT2D eigenvalue weighted by molar-refractivity contribution is 7.98. The third-order valence-electron chi connectivity index (χ3n) is 3.39. The van der Waals surface area contributed by atoms with E-state index in [9.17, 15) is 0 Å². The van der Waals surface area contributed by atoms with Crippen molar-refractivity contribution in [1.82, 2.24) is 4.98 Å². The first-order chi connectivity index (χ1) is 11.1. The number of rotatable bonds is 4. The van der Waals surface area contributed by atoms with E-state index in [2.05, 4.69) is 17.1 Å². The Labute approximate surface area is 149 Å². The number of nitrogens with two attached hydrogens (primary N) is 1. The summed E-state index contributed by atoms with van der Waals surface area (Å²) >= 11 is 14.0. The molecule has 2 aromatic carbocycles. The zero-order valence-corrected chi connectivity index (χ0v) is 14.5. The summed E-state index contributed by atoms with van der Waals surface area (Å²) in [7, 11) is 0. The van der Waals surface area contributed by atoms with Gasteiger partial charge in [0.25, 0.3) is 0 Å². The molecule has 23 heavy (non-hydrogen) atoms. The summed E-state index contributed by atoms with van der Waals surface area (Å²) in [6.45, 7) is 0. The van der Waals surface area contributed by atoms with E-state index in [-0.39, 0.29) is 0 Å². The first kappa shape index (κ1) is 16.2. The molecule has 0 atom stereocenters. The van der Waals surface area contributed by atoms with Crippen LogP contribution in [0.25, 0.3) is 11.1 Å². The lowest BCUT2D eigenvalue weighted by Crippen LogP contribution is -1.99. The predicted molar refractivity (Wildman–Crippen MR) is 100 cm³/mol. The van der Waals surface area contributed by atoms with Gasteiger partial charge in [0.15, 0.2) is 0 Å². The fourth-order valence-corrected chi connectivity index (χ4v) is 3.80. The van der Waals surface area contributed by atoms with Crippen molar-refractivity contribution in [2.24, 2.45) is 0 Å². The average Bonchev–Trinajstić information content (AvgIpc) is 2.53. The molecule has 0 bridgehead atoms. The monoisotopic (exact) mass is 360 g/mol. The van der Waals surface area contributed by atoms with Gasteiger partial charge < -0.3 is 5.73 Å². The molecule has 0 amide bonds. The summed E-state index contributed by atoms with van der Waals surface area (Å²) in [4.78, 5) is 5.41. The van der Waals surface area contributed by atoms with Crippen LogP contribution in [0, 0.1) is 0 Å². The van der Waals surface area contributed by atoms with Crippen molar-refractivity contribution in [1.29, 1.82) is 0 Å². The molecule has 2 N–H and O–H groups in total. The van der Waals surface area contributed by atoms with E-state index in [0.717, 1.165) is 22.4 Å². The highest BCUT2D eigenvalue weighted by atomic mass is 35.5. The van der Waals surface area contributed by atoms with E-state index in [1.807, 2.05) is 36.4 Å². The molecule has 1 heterocycles. The third kappa shape index (κ3) is 3.99. The van der Waals surface area contributed by atoms with Gasteiger partial charge in [-0.3, -0.25) is 0 Å². The fourth-order valence-electron chi connectivity index (χ4n) is 2.31. The molecule has 0 fully saturated rings. The number of nitrogen functional groups attached to an aromatic ring is 1. The van der Waals surface area contributed by atoms with Crippen LogP contribution in [0.4, 0.5) is 5.82 Å². The van der Waals surface area contributed by atoms with Crippen LogP contribution in [0.2, 0.25) is 10.0 Å². The highest BCUT2D eigenvalue weighted by Gasteiger charge is 2.11. The number of anilines is 1. The Balaban J connectivity index is 1.96. The van der Waals surface area contributed by atoms with Crippen LogP contribution in [0.15, 0.2) is 65.7 Å². The maximum atomic E-state index is 6.13. The second kappa shape index (κ2) is 7.26. The molecule has 0 aliphatic heterocycles. The Hall–Kier alpha value is -1.68. The van der Waals surface area contributed by atoms with Crippen molar-refractivity contribution < 1.29 is 0 Å². The molecule has 0 spiro atoms. The maximum absolute atomic E-state index is 6.13. The van der Waals surface area contributed by atoms with Gasteiger partial charge in [-0.15, -0.1) is 11.8 Å². The van der Waals surface area contributed by atoms with Gasteiger partial charge in [0.2, 0.25) is 0 Å². The zero-order chi connectivity index (χ0) is 16.2. The Morgan fingerprint density at radius 1 is 0.957 bits per heavy atom. The molecule has 2 nitrogen and oxygen atoms in total. The molecule has 0 unspecified atom stereocenters. The molecule has 3 aromatic rings.